The number of rotatable bonds is 4. The number of nitrogens with zero attached hydrogens (tertiary/aromatic N) is 1. The van der Waals surface area contributed by atoms with Crippen molar-refractivity contribution in [3.05, 3.63) is 95.3 Å². The quantitative estimate of drug-likeness (QED) is 0.581. The molecule has 6 heteroatoms. The average molecular weight is 414 g/mol. The molecule has 3 aromatic rings. The van der Waals surface area contributed by atoms with Crippen LogP contribution in [0.3, 0.4) is 0 Å². The van der Waals surface area contributed by atoms with Gasteiger partial charge in [-0.25, -0.2) is 16.8 Å². The van der Waals surface area contributed by atoms with Crippen LogP contribution in [0.25, 0.3) is 10.9 Å². The second kappa shape index (κ2) is 6.94. The minimum absolute atomic E-state index is 0.376. The molecule has 1 heterocycles. The van der Waals surface area contributed by atoms with Crippen LogP contribution in [-0.2, 0) is 10.0 Å². The smallest absolute Gasteiger partial charge is 0.244 e. The summed E-state index contributed by atoms with van der Waals surface area (Å²) in [4.78, 5) is 0.885. The van der Waals surface area contributed by atoms with Gasteiger partial charge in [-0.15, -0.1) is 11.8 Å². The molecule has 1 aliphatic carbocycles. The first kappa shape index (κ1) is 19.0. The Morgan fingerprint density at radius 3 is 2.64 bits per heavy atom. The molecule has 2 atom stereocenters. The van der Waals surface area contributed by atoms with E-state index in [4.69, 9.17) is 0 Å². The molecule has 0 saturated carbocycles. The molecule has 28 heavy (non-hydrogen) atoms. The molecule has 3 nitrogen and oxygen atoms in total. The summed E-state index contributed by atoms with van der Waals surface area (Å²) in [5.74, 6) is -0.881. The van der Waals surface area contributed by atoms with Gasteiger partial charge in [0, 0.05) is 17.5 Å². The van der Waals surface area contributed by atoms with Crippen molar-refractivity contribution in [2.75, 3.05) is 6.26 Å². The summed E-state index contributed by atoms with van der Waals surface area (Å²) in [6.07, 6.45) is 8.91. The average Bonchev–Trinajstić information content (AvgIpc) is 3.12. The molecule has 0 fully saturated rings. The molecule has 2 unspecified atom stereocenters. The number of benzene rings is 2. The first-order valence-corrected chi connectivity index (χ1v) is 11.5. The van der Waals surface area contributed by atoms with E-state index in [1.165, 1.54) is 27.9 Å². The van der Waals surface area contributed by atoms with Crippen LogP contribution in [0.2, 0.25) is 0 Å². The van der Waals surface area contributed by atoms with Gasteiger partial charge in [0.05, 0.1) is 5.52 Å². The van der Waals surface area contributed by atoms with E-state index in [0.717, 1.165) is 10.3 Å². The van der Waals surface area contributed by atoms with Crippen LogP contribution in [-0.4, -0.2) is 23.4 Å². The molecule has 0 aliphatic heterocycles. The van der Waals surface area contributed by atoms with Gasteiger partial charge in [-0.2, -0.15) is 0 Å². The van der Waals surface area contributed by atoms with E-state index in [1.807, 2.05) is 30.5 Å². The Balaban J connectivity index is 1.94. The first-order valence-electron chi connectivity index (χ1n) is 8.88. The Morgan fingerprint density at radius 2 is 1.89 bits per heavy atom. The maximum absolute atomic E-state index is 14.0. The molecular formula is C22H20FNO2S2. The molecule has 144 valence electrons. The van der Waals surface area contributed by atoms with E-state index in [9.17, 15) is 12.8 Å². The van der Waals surface area contributed by atoms with Gasteiger partial charge in [0.1, 0.15) is 10.6 Å². The number of thioether (sulfide) groups is 1. The minimum atomic E-state index is -3.84. The molecule has 0 spiro atoms. The predicted octanol–water partition coefficient (Wildman–Crippen LogP) is 5.32. The Hall–Kier alpha value is -2.31. The van der Waals surface area contributed by atoms with E-state index in [-0.39, 0.29) is 5.82 Å². The van der Waals surface area contributed by atoms with Gasteiger partial charge < -0.3 is 0 Å². The number of aromatic nitrogens is 1. The SMILES string of the molecule is CSC1=CC=CC(C)(S(=O)(=O)n2ccc3ccccc32)C1c1cccc(F)c1. The molecule has 0 saturated heterocycles. The highest BCUT2D eigenvalue weighted by atomic mass is 32.2. The molecular weight excluding hydrogens is 393 g/mol. The number of hydrogen-bond acceptors (Lipinski definition) is 3. The van der Waals surface area contributed by atoms with Crippen LogP contribution in [0.1, 0.15) is 18.4 Å². The van der Waals surface area contributed by atoms with Crippen molar-refractivity contribution in [1.29, 1.82) is 0 Å². The Morgan fingerprint density at radius 1 is 1.11 bits per heavy atom. The number of para-hydroxylation sites is 1. The predicted molar refractivity (Wildman–Crippen MR) is 115 cm³/mol. The zero-order chi connectivity index (χ0) is 19.9. The van der Waals surface area contributed by atoms with Crippen molar-refractivity contribution in [2.45, 2.75) is 17.6 Å². The summed E-state index contributed by atoms with van der Waals surface area (Å²) in [5, 5.41) is 0.859. The number of halogens is 1. The fourth-order valence-electron chi connectivity index (χ4n) is 3.89. The molecule has 0 bridgehead atoms. The summed E-state index contributed by atoms with van der Waals surface area (Å²) < 4.78 is 41.9. The second-order valence-corrected chi connectivity index (χ2v) is 10.1. The number of hydrogen-bond donors (Lipinski definition) is 0. The van der Waals surface area contributed by atoms with Crippen molar-refractivity contribution in [3.8, 4) is 0 Å². The number of fused-ring (bicyclic) bond motifs is 1. The minimum Gasteiger partial charge on any atom is -0.244 e. The molecule has 4 rings (SSSR count). The summed E-state index contributed by atoms with van der Waals surface area (Å²) >= 11 is 1.49. The van der Waals surface area contributed by atoms with E-state index < -0.39 is 20.7 Å². The molecule has 1 aliphatic rings. The van der Waals surface area contributed by atoms with Gasteiger partial charge in [0.15, 0.2) is 0 Å². The molecule has 1 aromatic heterocycles. The van der Waals surface area contributed by atoms with Crippen LogP contribution in [0.4, 0.5) is 4.39 Å². The van der Waals surface area contributed by atoms with Crippen LogP contribution < -0.4 is 0 Å². The zero-order valence-electron chi connectivity index (χ0n) is 15.5. The third kappa shape index (κ3) is 2.83. The summed E-state index contributed by atoms with van der Waals surface area (Å²) in [5.41, 5.74) is 1.28. The van der Waals surface area contributed by atoms with Gasteiger partial charge in [-0.3, -0.25) is 0 Å². The van der Waals surface area contributed by atoms with Crippen molar-refractivity contribution < 1.29 is 12.8 Å². The first-order chi connectivity index (χ1) is 13.4. The van der Waals surface area contributed by atoms with Gasteiger partial charge in [-0.05, 0) is 47.9 Å². The third-order valence-corrected chi connectivity index (χ3v) is 8.50. The largest absolute Gasteiger partial charge is 0.249 e. The highest BCUT2D eigenvalue weighted by Gasteiger charge is 2.48. The monoisotopic (exact) mass is 413 g/mol. The van der Waals surface area contributed by atoms with Crippen LogP contribution in [0.5, 0.6) is 0 Å². The molecule has 0 radical (unpaired) electrons. The third-order valence-electron chi connectivity index (χ3n) is 5.34. The topological polar surface area (TPSA) is 39.1 Å². The maximum atomic E-state index is 14.0. The van der Waals surface area contributed by atoms with Crippen molar-refractivity contribution in [1.82, 2.24) is 3.97 Å². The van der Waals surface area contributed by atoms with Crippen LogP contribution in [0.15, 0.2) is 83.9 Å². The van der Waals surface area contributed by atoms with Crippen LogP contribution >= 0.6 is 11.8 Å². The lowest BCUT2D eigenvalue weighted by Gasteiger charge is -2.38. The van der Waals surface area contributed by atoms with E-state index >= 15 is 0 Å². The lowest BCUT2D eigenvalue weighted by Crippen LogP contribution is -2.44. The highest BCUT2D eigenvalue weighted by molar-refractivity contribution is 8.02. The molecule has 0 N–H and O–H groups in total. The van der Waals surface area contributed by atoms with Gasteiger partial charge >= 0.3 is 0 Å². The number of allylic oxidation sites excluding steroid dienone is 3. The van der Waals surface area contributed by atoms with E-state index in [0.29, 0.717) is 11.1 Å². The summed E-state index contributed by atoms with van der Waals surface area (Å²) in [6, 6.07) is 15.4. The van der Waals surface area contributed by atoms with Gasteiger partial charge in [-0.1, -0.05) is 48.6 Å². The van der Waals surface area contributed by atoms with Gasteiger partial charge in [0.25, 0.3) is 0 Å². The maximum Gasteiger partial charge on any atom is 0.249 e. The second-order valence-electron chi connectivity index (χ2n) is 6.98. The van der Waals surface area contributed by atoms with Crippen molar-refractivity contribution >= 4 is 32.7 Å². The fraction of sp³-hybridized carbons (Fsp3) is 0.182. The summed E-state index contributed by atoms with van der Waals surface area (Å²) in [6.45, 7) is 1.71. The highest BCUT2D eigenvalue weighted by Crippen LogP contribution is 2.48. The van der Waals surface area contributed by atoms with Gasteiger partial charge in [0.2, 0.25) is 10.0 Å². The lowest BCUT2D eigenvalue weighted by molar-refractivity contribution is 0.533. The Labute approximate surface area is 168 Å². The van der Waals surface area contributed by atoms with Crippen molar-refractivity contribution in [2.24, 2.45) is 0 Å². The molecule has 2 aromatic carbocycles. The molecule has 0 amide bonds. The van der Waals surface area contributed by atoms with Crippen molar-refractivity contribution in [3.63, 3.8) is 0 Å². The zero-order valence-corrected chi connectivity index (χ0v) is 17.2. The Bertz CT molecular complexity index is 1210. The van der Waals surface area contributed by atoms with Crippen LogP contribution in [0, 0.1) is 5.82 Å². The fourth-order valence-corrected chi connectivity index (χ4v) is 6.68. The van der Waals surface area contributed by atoms with E-state index in [1.54, 1.807) is 49.5 Å². The Kier molecular flexibility index (Phi) is 4.71. The van der Waals surface area contributed by atoms with E-state index in [2.05, 4.69) is 0 Å². The summed E-state index contributed by atoms with van der Waals surface area (Å²) in [7, 11) is -3.84. The standard InChI is InChI=1S/C22H20FNO2S2/c1-22(28(25,26)24-14-12-16-7-3-4-10-19(16)24)13-6-11-20(27-2)21(22)17-8-5-9-18(23)15-17/h3-15,21H,1-2H3. The lowest BCUT2D eigenvalue weighted by atomic mass is 9.83. The normalized spacial score (nSPS) is 22.4.